The first-order chi connectivity index (χ1) is 10.1. The van der Waals surface area contributed by atoms with Gasteiger partial charge in [0.15, 0.2) is 0 Å². The van der Waals surface area contributed by atoms with Gasteiger partial charge >= 0.3 is 0 Å². The summed E-state index contributed by atoms with van der Waals surface area (Å²) in [5, 5.41) is 7.09. The standard InChI is InChI=1S/C15H18N2O2S2/c1-10-7-19-11(2)6-17(10)14(18)5-13-9-21-15(16-13)12-3-4-20-8-12/h3-4,8-11H,5-7H2,1-2H3/t10-,11-/m1/s1. The van der Waals surface area contributed by atoms with Gasteiger partial charge in [0.25, 0.3) is 0 Å². The van der Waals surface area contributed by atoms with Crippen LogP contribution in [0, 0.1) is 0 Å². The molecule has 0 unspecified atom stereocenters. The van der Waals surface area contributed by atoms with Crippen LogP contribution in [0.5, 0.6) is 0 Å². The molecule has 2 aromatic rings. The highest BCUT2D eigenvalue weighted by atomic mass is 32.1. The maximum Gasteiger partial charge on any atom is 0.229 e. The number of carbonyl (C=O) groups excluding carboxylic acids is 1. The summed E-state index contributed by atoms with van der Waals surface area (Å²) in [7, 11) is 0. The van der Waals surface area contributed by atoms with Gasteiger partial charge in [-0.2, -0.15) is 11.3 Å². The van der Waals surface area contributed by atoms with Crippen LogP contribution in [0.1, 0.15) is 19.5 Å². The van der Waals surface area contributed by atoms with Crippen LogP contribution >= 0.6 is 22.7 Å². The Balaban J connectivity index is 1.67. The van der Waals surface area contributed by atoms with Gasteiger partial charge in [0, 0.05) is 22.9 Å². The molecule has 6 heteroatoms. The summed E-state index contributed by atoms with van der Waals surface area (Å²) in [5.74, 6) is 0.139. The zero-order valence-electron chi connectivity index (χ0n) is 12.1. The summed E-state index contributed by atoms with van der Waals surface area (Å²) < 4.78 is 5.57. The number of carbonyl (C=O) groups is 1. The Labute approximate surface area is 132 Å². The van der Waals surface area contributed by atoms with Gasteiger partial charge in [-0.05, 0) is 25.3 Å². The van der Waals surface area contributed by atoms with Gasteiger partial charge in [-0.15, -0.1) is 11.3 Å². The normalized spacial score (nSPS) is 22.5. The monoisotopic (exact) mass is 322 g/mol. The van der Waals surface area contributed by atoms with E-state index in [0.717, 1.165) is 16.3 Å². The molecular formula is C15H18N2O2S2. The van der Waals surface area contributed by atoms with Crippen LogP contribution < -0.4 is 0 Å². The third kappa shape index (κ3) is 3.33. The molecule has 0 radical (unpaired) electrons. The molecule has 2 aromatic heterocycles. The molecule has 1 amide bonds. The van der Waals surface area contributed by atoms with Gasteiger partial charge in [-0.25, -0.2) is 4.98 Å². The van der Waals surface area contributed by atoms with E-state index in [2.05, 4.69) is 16.4 Å². The molecule has 112 valence electrons. The summed E-state index contributed by atoms with van der Waals surface area (Å²) in [6.45, 7) is 5.32. The average molecular weight is 322 g/mol. The van der Waals surface area contributed by atoms with Crippen molar-refractivity contribution in [3.05, 3.63) is 27.9 Å². The van der Waals surface area contributed by atoms with Crippen molar-refractivity contribution in [2.24, 2.45) is 0 Å². The average Bonchev–Trinajstić information content (AvgIpc) is 3.11. The summed E-state index contributed by atoms with van der Waals surface area (Å²) >= 11 is 3.26. The molecule has 1 saturated heterocycles. The Hall–Kier alpha value is -1.24. The highest BCUT2D eigenvalue weighted by Crippen LogP contribution is 2.26. The van der Waals surface area contributed by atoms with Gasteiger partial charge in [-0.1, -0.05) is 0 Å². The molecular weight excluding hydrogens is 304 g/mol. The van der Waals surface area contributed by atoms with Crippen molar-refractivity contribution in [2.75, 3.05) is 13.2 Å². The Morgan fingerprint density at radius 3 is 3.10 bits per heavy atom. The van der Waals surface area contributed by atoms with Crippen molar-refractivity contribution in [2.45, 2.75) is 32.4 Å². The summed E-state index contributed by atoms with van der Waals surface area (Å²) in [6, 6.07) is 2.20. The number of rotatable bonds is 3. The number of hydrogen-bond donors (Lipinski definition) is 0. The van der Waals surface area contributed by atoms with Gasteiger partial charge in [0.2, 0.25) is 5.91 Å². The number of aromatic nitrogens is 1. The van der Waals surface area contributed by atoms with E-state index in [9.17, 15) is 4.79 Å². The minimum absolute atomic E-state index is 0.113. The maximum atomic E-state index is 12.5. The van der Waals surface area contributed by atoms with Crippen LogP contribution in [0.15, 0.2) is 22.2 Å². The van der Waals surface area contributed by atoms with E-state index >= 15 is 0 Å². The van der Waals surface area contributed by atoms with Gasteiger partial charge in [-0.3, -0.25) is 4.79 Å². The summed E-state index contributed by atoms with van der Waals surface area (Å²) in [5.41, 5.74) is 2.00. The fourth-order valence-electron chi connectivity index (χ4n) is 2.41. The second-order valence-corrected chi connectivity index (χ2v) is 7.01. The molecule has 0 bridgehead atoms. The SMILES string of the molecule is C[C@@H]1CN(C(=O)Cc2csc(-c3ccsc3)n2)[C@H](C)CO1. The quantitative estimate of drug-likeness (QED) is 0.872. The minimum atomic E-state index is 0.113. The first kappa shape index (κ1) is 14.7. The minimum Gasteiger partial charge on any atom is -0.375 e. The predicted octanol–water partition coefficient (Wildman–Crippen LogP) is 3.05. The number of thiophene rings is 1. The van der Waals surface area contributed by atoms with E-state index in [1.807, 2.05) is 29.5 Å². The van der Waals surface area contributed by atoms with Crippen molar-refractivity contribution in [1.82, 2.24) is 9.88 Å². The Kier molecular flexibility index (Phi) is 4.37. The molecule has 2 atom stereocenters. The van der Waals surface area contributed by atoms with Gasteiger partial charge in [0.05, 0.1) is 30.9 Å². The van der Waals surface area contributed by atoms with E-state index in [4.69, 9.17) is 4.74 Å². The van der Waals surface area contributed by atoms with Crippen LogP contribution in [0.4, 0.5) is 0 Å². The van der Waals surface area contributed by atoms with Crippen molar-refractivity contribution >= 4 is 28.6 Å². The van der Waals surface area contributed by atoms with E-state index in [1.165, 1.54) is 0 Å². The molecule has 0 aromatic carbocycles. The fraction of sp³-hybridized carbons (Fsp3) is 0.467. The molecule has 1 aliphatic rings. The number of amides is 1. The van der Waals surface area contributed by atoms with Gasteiger partial charge < -0.3 is 9.64 Å². The third-order valence-corrected chi connectivity index (χ3v) is 5.20. The molecule has 1 fully saturated rings. The lowest BCUT2D eigenvalue weighted by molar-refractivity contribution is -0.142. The number of thiazole rings is 1. The predicted molar refractivity (Wildman–Crippen MR) is 85.7 cm³/mol. The smallest absolute Gasteiger partial charge is 0.229 e. The van der Waals surface area contributed by atoms with Crippen LogP contribution in [-0.4, -0.2) is 41.1 Å². The molecule has 3 heterocycles. The summed E-state index contributed by atoms with van der Waals surface area (Å²) in [6.07, 6.45) is 0.486. The van der Waals surface area contributed by atoms with Crippen molar-refractivity contribution < 1.29 is 9.53 Å². The zero-order valence-corrected chi connectivity index (χ0v) is 13.7. The van der Waals surface area contributed by atoms with Crippen LogP contribution in [0.2, 0.25) is 0 Å². The van der Waals surface area contributed by atoms with Crippen molar-refractivity contribution in [3.63, 3.8) is 0 Å². The molecule has 0 N–H and O–H groups in total. The molecule has 0 spiro atoms. The number of morpholine rings is 1. The van der Waals surface area contributed by atoms with Gasteiger partial charge in [0.1, 0.15) is 5.01 Å². The molecule has 0 aliphatic carbocycles. The van der Waals surface area contributed by atoms with E-state index in [1.54, 1.807) is 22.7 Å². The Morgan fingerprint density at radius 2 is 2.33 bits per heavy atom. The fourth-order valence-corrected chi connectivity index (χ4v) is 3.95. The second kappa shape index (κ2) is 6.25. The highest BCUT2D eigenvalue weighted by molar-refractivity contribution is 7.14. The van der Waals surface area contributed by atoms with Crippen molar-refractivity contribution in [1.29, 1.82) is 0 Å². The summed E-state index contributed by atoms with van der Waals surface area (Å²) in [4.78, 5) is 18.9. The van der Waals surface area contributed by atoms with Crippen LogP contribution in [0.3, 0.4) is 0 Å². The molecule has 4 nitrogen and oxygen atoms in total. The van der Waals surface area contributed by atoms with E-state index in [-0.39, 0.29) is 18.1 Å². The molecule has 1 aliphatic heterocycles. The van der Waals surface area contributed by atoms with Crippen molar-refractivity contribution in [3.8, 4) is 10.6 Å². The first-order valence-electron chi connectivity index (χ1n) is 7.01. The maximum absolute atomic E-state index is 12.5. The highest BCUT2D eigenvalue weighted by Gasteiger charge is 2.27. The molecule has 21 heavy (non-hydrogen) atoms. The van der Waals surface area contributed by atoms with Crippen LogP contribution in [-0.2, 0) is 16.0 Å². The lowest BCUT2D eigenvalue weighted by Crippen LogP contribution is -2.50. The van der Waals surface area contributed by atoms with E-state index < -0.39 is 0 Å². The third-order valence-electron chi connectivity index (χ3n) is 3.58. The second-order valence-electron chi connectivity index (χ2n) is 5.37. The lowest BCUT2D eigenvalue weighted by atomic mass is 10.2. The lowest BCUT2D eigenvalue weighted by Gasteiger charge is -2.36. The number of nitrogens with zero attached hydrogens (tertiary/aromatic N) is 2. The topological polar surface area (TPSA) is 42.4 Å². The molecule has 0 saturated carbocycles. The number of ether oxygens (including phenoxy) is 1. The molecule has 3 rings (SSSR count). The largest absolute Gasteiger partial charge is 0.375 e. The van der Waals surface area contributed by atoms with E-state index in [0.29, 0.717) is 19.6 Å². The Morgan fingerprint density at radius 1 is 1.48 bits per heavy atom. The first-order valence-corrected chi connectivity index (χ1v) is 8.84. The number of hydrogen-bond acceptors (Lipinski definition) is 5. The Bertz CT molecular complexity index is 609. The van der Waals surface area contributed by atoms with Crippen LogP contribution in [0.25, 0.3) is 10.6 Å². The zero-order chi connectivity index (χ0) is 14.8.